The van der Waals surface area contributed by atoms with Gasteiger partial charge in [-0.15, -0.1) is 0 Å². The van der Waals surface area contributed by atoms with Crippen molar-refractivity contribution in [2.45, 2.75) is 0 Å². The Bertz CT molecular complexity index is 6.85. The van der Waals surface area contributed by atoms with E-state index in [0.717, 1.165) is 0 Å². The van der Waals surface area contributed by atoms with Gasteiger partial charge in [-0.05, 0) is 0 Å². The van der Waals surface area contributed by atoms with Gasteiger partial charge in [0, 0.05) is 98.1 Å². The van der Waals surface area contributed by atoms with Crippen LogP contribution >= 0.6 is 0 Å². The van der Waals surface area contributed by atoms with Crippen LogP contribution in [0.2, 0.25) is 0 Å². The van der Waals surface area contributed by atoms with Crippen molar-refractivity contribution >= 4 is 6.79 Å². The van der Waals surface area contributed by atoms with Crippen LogP contribution in [0.5, 0.6) is 0 Å². The summed E-state index contributed by atoms with van der Waals surface area (Å²) < 4.78 is 0. The Morgan fingerprint density at radius 3 is 0.800 bits per heavy atom. The summed E-state index contributed by atoms with van der Waals surface area (Å²) >= 11 is 0. The molecular weight excluding hydrogens is 295 g/mol. The van der Waals surface area contributed by atoms with Gasteiger partial charge in [0.05, 0.1) is 0 Å². The molecule has 0 amide bonds. The number of hydrogen-bond acceptors (Lipinski definition) is 1. The van der Waals surface area contributed by atoms with Crippen molar-refractivity contribution in [3.8, 4) is 0 Å². The average molecular weight is 296 g/mol. The number of rotatable bonds is 0. The van der Waals surface area contributed by atoms with Crippen LogP contribution in [0.15, 0.2) is 0 Å². The zero-order valence-corrected chi connectivity index (χ0v) is 11.2. The topological polar surface area (TPSA) is 17.1 Å². The minimum Gasteiger partial charge on any atom is -0.545 e. The monoisotopic (exact) mass is 296 g/mol. The van der Waals surface area contributed by atoms with Crippen molar-refractivity contribution in [2.24, 2.45) is 0 Å². The van der Waals surface area contributed by atoms with Crippen LogP contribution in [0.1, 0.15) is 0 Å². The van der Waals surface area contributed by atoms with E-state index in [1.807, 2.05) is 0 Å². The number of carbonyl (C=O) groups excluding carboxylic acids is 1. The van der Waals surface area contributed by atoms with E-state index < -0.39 is 0 Å². The van der Waals surface area contributed by atoms with Crippen LogP contribution in [0.4, 0.5) is 0 Å². The molecule has 3 radical (unpaired) electrons. The molecule has 0 aromatic rings. The van der Waals surface area contributed by atoms with Crippen molar-refractivity contribution in [1.29, 1.82) is 0 Å². The Morgan fingerprint density at radius 2 is 0.800 bits per heavy atom. The van der Waals surface area contributed by atoms with Gasteiger partial charge in [-0.25, -0.2) is 0 Å². The quantitative estimate of drug-likeness (QED) is 0.444. The zero-order valence-electron chi connectivity index (χ0n) is 2.72. The molecule has 0 aromatic carbocycles. The Kier molecular flexibility index (Phi) is 138. The first kappa shape index (κ1) is 24.5. The molecule has 0 bridgehead atoms. The largest absolute Gasteiger partial charge is 0.545 e. The summed E-state index contributed by atoms with van der Waals surface area (Å²) in [5, 5.41) is 0. The molecule has 0 saturated heterocycles. The normalized spacial score (nSPS) is 0.800. The minimum absolute atomic E-state index is 0. The standard InChI is InChI=1S/CHO.3Y/c1-2;;;/h1H;;;/q-1;;;. The van der Waals surface area contributed by atoms with E-state index >= 15 is 0 Å². The van der Waals surface area contributed by atoms with E-state index in [1.54, 1.807) is 0 Å². The van der Waals surface area contributed by atoms with Gasteiger partial charge in [0.15, 0.2) is 0 Å². The first-order valence-electron chi connectivity index (χ1n) is 0.236. The summed E-state index contributed by atoms with van der Waals surface area (Å²) in [6.07, 6.45) is 0. The molecule has 0 N–H and O–H groups in total. The zero-order chi connectivity index (χ0) is 2.00. The van der Waals surface area contributed by atoms with Crippen molar-refractivity contribution < 1.29 is 103 Å². The van der Waals surface area contributed by atoms with E-state index in [1.165, 1.54) is 0 Å². The molecule has 0 spiro atoms. The van der Waals surface area contributed by atoms with Crippen LogP contribution in [-0.2, 0) is 103 Å². The molecule has 5 heavy (non-hydrogen) atoms. The molecule has 0 fully saturated rings. The maximum absolute atomic E-state index is 7.75. The molecule has 0 aliphatic heterocycles. The van der Waals surface area contributed by atoms with Crippen molar-refractivity contribution in [3.63, 3.8) is 0 Å². The van der Waals surface area contributed by atoms with Crippen molar-refractivity contribution in [2.75, 3.05) is 0 Å². The molecule has 0 rings (SSSR count). The molecule has 1 nitrogen and oxygen atoms in total. The predicted molar refractivity (Wildman–Crippen MR) is 6.75 cm³/mol. The van der Waals surface area contributed by atoms with Gasteiger partial charge in [0.25, 0.3) is 0 Å². The van der Waals surface area contributed by atoms with Crippen LogP contribution < -0.4 is 0 Å². The molecule has 4 heteroatoms. The molecule has 0 heterocycles. The molecule has 21 valence electrons. The van der Waals surface area contributed by atoms with Crippen LogP contribution in [-0.4, -0.2) is 6.79 Å². The molecule has 0 aliphatic carbocycles. The third-order valence-electron chi connectivity index (χ3n) is 0. The van der Waals surface area contributed by atoms with Crippen LogP contribution in [0.25, 0.3) is 0 Å². The Balaban J connectivity index is -0.00000000167. The molecule has 0 atom stereocenters. The maximum atomic E-state index is 7.75. The third kappa shape index (κ3) is 19.5. The smallest absolute Gasteiger partial charge is 0 e. The summed E-state index contributed by atoms with van der Waals surface area (Å²) in [4.78, 5) is 7.75. The average Bonchev–Trinajstić information content (AvgIpc) is 1.00. The van der Waals surface area contributed by atoms with Gasteiger partial charge in [-0.2, -0.15) is 0 Å². The summed E-state index contributed by atoms with van der Waals surface area (Å²) in [6.45, 7) is 3.25. The summed E-state index contributed by atoms with van der Waals surface area (Å²) in [5.74, 6) is 0. The van der Waals surface area contributed by atoms with E-state index in [-0.39, 0.29) is 98.1 Å². The van der Waals surface area contributed by atoms with Crippen molar-refractivity contribution in [1.82, 2.24) is 0 Å². The van der Waals surface area contributed by atoms with Crippen LogP contribution in [0, 0.1) is 0 Å². The van der Waals surface area contributed by atoms with Gasteiger partial charge >= 0.3 is 0 Å². The van der Waals surface area contributed by atoms with Gasteiger partial charge in [0.2, 0.25) is 0 Å². The molecule has 0 unspecified atom stereocenters. The summed E-state index contributed by atoms with van der Waals surface area (Å²) in [5.41, 5.74) is 0. The van der Waals surface area contributed by atoms with E-state index in [2.05, 4.69) is 6.79 Å². The van der Waals surface area contributed by atoms with Gasteiger partial charge in [-0.1, -0.05) is 0 Å². The summed E-state index contributed by atoms with van der Waals surface area (Å²) in [7, 11) is 0. The maximum Gasteiger partial charge on any atom is 0 e. The predicted octanol–water partition coefficient (Wildman–Crippen LogP) is -0.282. The summed E-state index contributed by atoms with van der Waals surface area (Å²) in [6, 6.07) is 0. The van der Waals surface area contributed by atoms with Gasteiger partial charge < -0.3 is 4.79 Å². The van der Waals surface area contributed by atoms with Crippen LogP contribution in [0.3, 0.4) is 0 Å². The minimum atomic E-state index is 0. The molecule has 0 aliphatic rings. The fraction of sp³-hybridized carbons (Fsp3) is 0. The van der Waals surface area contributed by atoms with Crippen molar-refractivity contribution in [3.05, 3.63) is 0 Å². The first-order valence-corrected chi connectivity index (χ1v) is 0.236. The Morgan fingerprint density at radius 1 is 0.800 bits per heavy atom. The second kappa shape index (κ2) is 28.1. The third-order valence-corrected chi connectivity index (χ3v) is 0. The van der Waals surface area contributed by atoms with E-state index in [0.29, 0.717) is 0 Å². The van der Waals surface area contributed by atoms with Gasteiger partial charge in [0.1, 0.15) is 0 Å². The fourth-order valence-electron chi connectivity index (χ4n) is 0. The Hall–Kier alpha value is 2.98. The molecule has 0 aromatic heterocycles. The second-order valence-corrected chi connectivity index (χ2v) is 0. The van der Waals surface area contributed by atoms with E-state index in [4.69, 9.17) is 4.79 Å². The molecule has 0 saturated carbocycles. The van der Waals surface area contributed by atoms with Gasteiger partial charge in [-0.3, -0.25) is 6.79 Å². The Labute approximate surface area is 107 Å². The van der Waals surface area contributed by atoms with E-state index in [9.17, 15) is 0 Å². The SMILES string of the molecule is [CH-]=O.[Y].[Y].[Y]. The fourth-order valence-corrected chi connectivity index (χ4v) is 0. The number of hydrogen-bond donors (Lipinski definition) is 0. The first-order chi connectivity index (χ1) is 1.00. The second-order valence-electron chi connectivity index (χ2n) is 0. The molecular formula is CHOY3-.